The fourth-order valence-electron chi connectivity index (χ4n) is 1.41. The maximum atomic E-state index is 5.83. The summed E-state index contributed by atoms with van der Waals surface area (Å²) in [4.78, 5) is 0. The molecule has 0 fully saturated rings. The Bertz CT molecular complexity index is 501. The summed E-state index contributed by atoms with van der Waals surface area (Å²) in [7, 11) is 0. The van der Waals surface area contributed by atoms with Gasteiger partial charge in [-0.15, -0.1) is 10.2 Å². The highest BCUT2D eigenvalue weighted by Crippen LogP contribution is 2.36. The quantitative estimate of drug-likeness (QED) is 0.873. The van der Waals surface area contributed by atoms with Crippen molar-refractivity contribution in [1.29, 1.82) is 0 Å². The normalized spacial score (nSPS) is 12.6. The van der Waals surface area contributed by atoms with Crippen LogP contribution in [0.3, 0.4) is 0 Å². The SMILES string of the molecule is Cc1nnc(SC(CN)c2cccc(Br)c2)s1. The Morgan fingerprint density at radius 1 is 1.47 bits per heavy atom. The molecule has 2 N–H and O–H groups in total. The fraction of sp³-hybridized carbons (Fsp3) is 0.273. The highest BCUT2D eigenvalue weighted by atomic mass is 79.9. The topological polar surface area (TPSA) is 51.8 Å². The van der Waals surface area contributed by atoms with E-state index in [4.69, 9.17) is 5.73 Å². The van der Waals surface area contributed by atoms with Crippen molar-refractivity contribution >= 4 is 39.0 Å². The zero-order valence-electron chi connectivity index (χ0n) is 9.26. The van der Waals surface area contributed by atoms with Gasteiger partial charge in [-0.3, -0.25) is 0 Å². The molecule has 17 heavy (non-hydrogen) atoms. The molecule has 0 spiro atoms. The predicted octanol–water partition coefficient (Wildman–Crippen LogP) is 3.40. The molecule has 0 aliphatic carbocycles. The molecule has 1 heterocycles. The van der Waals surface area contributed by atoms with E-state index < -0.39 is 0 Å². The van der Waals surface area contributed by atoms with Gasteiger partial charge in [-0.2, -0.15) is 0 Å². The number of rotatable bonds is 4. The average molecular weight is 330 g/mol. The van der Waals surface area contributed by atoms with Gasteiger partial charge in [-0.25, -0.2) is 0 Å². The Morgan fingerprint density at radius 2 is 2.29 bits per heavy atom. The van der Waals surface area contributed by atoms with Crippen LogP contribution in [0.15, 0.2) is 33.1 Å². The zero-order chi connectivity index (χ0) is 12.3. The van der Waals surface area contributed by atoms with Crippen LogP contribution in [0, 0.1) is 6.92 Å². The van der Waals surface area contributed by atoms with Crippen LogP contribution in [0.1, 0.15) is 15.8 Å². The molecule has 0 amide bonds. The van der Waals surface area contributed by atoms with Crippen LogP contribution in [-0.2, 0) is 0 Å². The van der Waals surface area contributed by atoms with Gasteiger partial charge in [0.1, 0.15) is 5.01 Å². The van der Waals surface area contributed by atoms with Gasteiger partial charge in [-0.1, -0.05) is 51.2 Å². The number of thioether (sulfide) groups is 1. The van der Waals surface area contributed by atoms with Crippen molar-refractivity contribution in [2.45, 2.75) is 16.5 Å². The number of halogens is 1. The van der Waals surface area contributed by atoms with E-state index in [1.54, 1.807) is 23.1 Å². The molecule has 0 aliphatic rings. The Kier molecular flexibility index (Phi) is 4.55. The van der Waals surface area contributed by atoms with Crippen LogP contribution < -0.4 is 5.73 Å². The lowest BCUT2D eigenvalue weighted by molar-refractivity contribution is 0.927. The summed E-state index contributed by atoms with van der Waals surface area (Å²) in [5, 5.41) is 9.33. The lowest BCUT2D eigenvalue weighted by Crippen LogP contribution is -2.09. The summed E-state index contributed by atoms with van der Waals surface area (Å²) in [6.45, 7) is 2.54. The van der Waals surface area contributed by atoms with E-state index in [9.17, 15) is 0 Å². The van der Waals surface area contributed by atoms with E-state index in [1.807, 2.05) is 19.1 Å². The van der Waals surface area contributed by atoms with Gasteiger partial charge in [0.15, 0.2) is 4.34 Å². The van der Waals surface area contributed by atoms with Gasteiger partial charge >= 0.3 is 0 Å². The minimum absolute atomic E-state index is 0.222. The molecule has 6 heteroatoms. The molecule has 0 saturated carbocycles. The van der Waals surface area contributed by atoms with E-state index >= 15 is 0 Å². The van der Waals surface area contributed by atoms with Crippen LogP contribution in [0.25, 0.3) is 0 Å². The number of aromatic nitrogens is 2. The van der Waals surface area contributed by atoms with Crippen LogP contribution in [0.5, 0.6) is 0 Å². The van der Waals surface area contributed by atoms with E-state index in [2.05, 4.69) is 38.3 Å². The largest absolute Gasteiger partial charge is 0.329 e. The van der Waals surface area contributed by atoms with Crippen molar-refractivity contribution in [2.75, 3.05) is 6.54 Å². The van der Waals surface area contributed by atoms with Crippen molar-refractivity contribution in [1.82, 2.24) is 10.2 Å². The molecule has 1 aromatic carbocycles. The van der Waals surface area contributed by atoms with E-state index in [0.717, 1.165) is 13.8 Å². The van der Waals surface area contributed by atoms with Gasteiger partial charge in [0, 0.05) is 16.3 Å². The Morgan fingerprint density at radius 3 is 2.88 bits per heavy atom. The van der Waals surface area contributed by atoms with Gasteiger partial charge in [0.25, 0.3) is 0 Å². The number of hydrogen-bond donors (Lipinski definition) is 1. The van der Waals surface area contributed by atoms with Crippen molar-refractivity contribution < 1.29 is 0 Å². The third-order valence-electron chi connectivity index (χ3n) is 2.19. The lowest BCUT2D eigenvalue weighted by atomic mass is 10.1. The van der Waals surface area contributed by atoms with Crippen LogP contribution in [0.4, 0.5) is 0 Å². The van der Waals surface area contributed by atoms with E-state index in [-0.39, 0.29) is 5.25 Å². The number of nitrogens with zero attached hydrogens (tertiary/aromatic N) is 2. The summed E-state index contributed by atoms with van der Waals surface area (Å²) in [5.74, 6) is 0. The summed E-state index contributed by atoms with van der Waals surface area (Å²) in [5.41, 5.74) is 7.04. The second kappa shape index (κ2) is 5.95. The molecule has 3 nitrogen and oxygen atoms in total. The summed E-state index contributed by atoms with van der Waals surface area (Å²) < 4.78 is 2.04. The highest BCUT2D eigenvalue weighted by molar-refractivity contribution is 9.10. The molecule has 2 rings (SSSR count). The van der Waals surface area contributed by atoms with Crippen molar-refractivity contribution in [3.8, 4) is 0 Å². The smallest absolute Gasteiger partial charge is 0.174 e. The Hall–Kier alpha value is -0.430. The van der Waals surface area contributed by atoms with Gasteiger partial charge < -0.3 is 5.73 Å². The van der Waals surface area contributed by atoms with Crippen LogP contribution >= 0.6 is 39.0 Å². The van der Waals surface area contributed by atoms with Gasteiger partial charge in [0.2, 0.25) is 0 Å². The first-order valence-electron chi connectivity index (χ1n) is 5.11. The molecule has 1 unspecified atom stereocenters. The van der Waals surface area contributed by atoms with Crippen LogP contribution in [0.2, 0.25) is 0 Å². The third-order valence-corrected chi connectivity index (χ3v) is 4.88. The van der Waals surface area contributed by atoms with Gasteiger partial charge in [-0.05, 0) is 24.6 Å². The molecule has 0 radical (unpaired) electrons. The molecule has 0 bridgehead atoms. The second-order valence-electron chi connectivity index (χ2n) is 3.48. The molecule has 1 atom stereocenters. The third kappa shape index (κ3) is 3.51. The van der Waals surface area contributed by atoms with Crippen LogP contribution in [-0.4, -0.2) is 16.7 Å². The molecular weight excluding hydrogens is 318 g/mol. The molecule has 90 valence electrons. The maximum absolute atomic E-state index is 5.83. The summed E-state index contributed by atoms with van der Waals surface area (Å²) in [6.07, 6.45) is 0. The average Bonchev–Trinajstić information content (AvgIpc) is 2.72. The summed E-state index contributed by atoms with van der Waals surface area (Å²) >= 11 is 6.75. The Balaban J connectivity index is 2.16. The predicted molar refractivity (Wildman–Crippen MR) is 76.4 cm³/mol. The maximum Gasteiger partial charge on any atom is 0.174 e. The number of nitrogens with two attached hydrogens (primary N) is 1. The van der Waals surface area contributed by atoms with E-state index in [1.165, 1.54) is 5.56 Å². The zero-order valence-corrected chi connectivity index (χ0v) is 12.5. The second-order valence-corrected chi connectivity index (χ2v) is 7.03. The first-order chi connectivity index (χ1) is 8.19. The first-order valence-corrected chi connectivity index (χ1v) is 7.60. The molecule has 0 saturated heterocycles. The molecule has 2 aromatic rings. The number of benzene rings is 1. The van der Waals surface area contributed by atoms with Crippen molar-refractivity contribution in [3.05, 3.63) is 39.3 Å². The summed E-state index contributed by atoms with van der Waals surface area (Å²) in [6, 6.07) is 8.21. The van der Waals surface area contributed by atoms with Gasteiger partial charge in [0.05, 0.1) is 0 Å². The van der Waals surface area contributed by atoms with Crippen molar-refractivity contribution in [2.24, 2.45) is 5.73 Å². The monoisotopic (exact) mass is 329 g/mol. The molecule has 0 aliphatic heterocycles. The lowest BCUT2D eigenvalue weighted by Gasteiger charge is -2.12. The number of aryl methyl sites for hydroxylation is 1. The standard InChI is InChI=1S/C11H12BrN3S2/c1-7-14-15-11(16-7)17-10(6-13)8-3-2-4-9(12)5-8/h2-5,10H,6,13H2,1H3. The Labute approximate surface area is 117 Å². The first kappa shape index (κ1) is 13.0. The van der Waals surface area contributed by atoms with E-state index in [0.29, 0.717) is 6.54 Å². The highest BCUT2D eigenvalue weighted by Gasteiger charge is 2.14. The van der Waals surface area contributed by atoms with Crippen molar-refractivity contribution in [3.63, 3.8) is 0 Å². The number of hydrogen-bond acceptors (Lipinski definition) is 5. The minimum Gasteiger partial charge on any atom is -0.329 e. The minimum atomic E-state index is 0.222. The fourth-order valence-corrected chi connectivity index (χ4v) is 3.85. The molecule has 1 aromatic heterocycles. The molecular formula is C11H12BrN3S2.